The molecule has 0 amide bonds. The minimum atomic E-state index is 0.970. The van der Waals surface area contributed by atoms with Gasteiger partial charge in [0, 0.05) is 6.20 Å². The Morgan fingerprint density at radius 3 is 2.64 bits per heavy atom. The van der Waals surface area contributed by atoms with Crippen molar-refractivity contribution >= 4 is 0 Å². The second-order valence-electron chi connectivity index (χ2n) is 2.08. The van der Waals surface area contributed by atoms with Crippen molar-refractivity contribution in [1.82, 2.24) is 19.7 Å². The van der Waals surface area contributed by atoms with Crippen molar-refractivity contribution in [3.05, 3.63) is 37.2 Å². The molecule has 0 N–H and O–H groups in total. The van der Waals surface area contributed by atoms with E-state index in [1.165, 1.54) is 0 Å². The van der Waals surface area contributed by atoms with Crippen molar-refractivity contribution in [3.63, 3.8) is 0 Å². The van der Waals surface area contributed by atoms with Crippen molar-refractivity contribution in [1.29, 1.82) is 0 Å². The van der Waals surface area contributed by atoms with Crippen molar-refractivity contribution in [2.45, 2.75) is 0 Å². The second-order valence-corrected chi connectivity index (χ2v) is 2.08. The van der Waals surface area contributed by atoms with E-state index in [2.05, 4.69) is 15.2 Å². The van der Waals surface area contributed by atoms with E-state index in [0.717, 1.165) is 5.69 Å². The zero-order valence-electron chi connectivity index (χ0n) is 5.75. The van der Waals surface area contributed by atoms with E-state index in [1.807, 2.05) is 12.1 Å². The lowest BCUT2D eigenvalue weighted by molar-refractivity contribution is 1.04. The SMILES string of the molecule is c1cncc(-n2cnnc2)c1. The van der Waals surface area contributed by atoms with Gasteiger partial charge < -0.3 is 0 Å². The molecular weight excluding hydrogens is 140 g/mol. The monoisotopic (exact) mass is 146 g/mol. The first-order chi connectivity index (χ1) is 5.47. The normalized spacial score (nSPS) is 9.82. The lowest BCUT2D eigenvalue weighted by Crippen LogP contribution is -1.89. The van der Waals surface area contributed by atoms with E-state index < -0.39 is 0 Å². The summed E-state index contributed by atoms with van der Waals surface area (Å²) in [4.78, 5) is 3.96. The largest absolute Gasteiger partial charge is 0.287 e. The van der Waals surface area contributed by atoms with E-state index in [1.54, 1.807) is 29.6 Å². The molecule has 4 heteroatoms. The van der Waals surface area contributed by atoms with Gasteiger partial charge in [-0.3, -0.25) is 9.55 Å². The van der Waals surface area contributed by atoms with Gasteiger partial charge in [-0.2, -0.15) is 0 Å². The molecule has 0 aliphatic carbocycles. The first kappa shape index (κ1) is 6.03. The highest BCUT2D eigenvalue weighted by Gasteiger charge is 1.91. The molecule has 0 unspecified atom stereocenters. The summed E-state index contributed by atoms with van der Waals surface area (Å²) in [6.07, 6.45) is 6.76. The van der Waals surface area contributed by atoms with Crippen LogP contribution in [0.5, 0.6) is 0 Å². The Kier molecular flexibility index (Phi) is 1.37. The van der Waals surface area contributed by atoms with Gasteiger partial charge in [-0.1, -0.05) is 0 Å². The number of rotatable bonds is 1. The average Bonchev–Trinajstić information content (AvgIpc) is 2.58. The molecule has 0 saturated heterocycles. The minimum absolute atomic E-state index is 0.970. The highest BCUT2D eigenvalue weighted by atomic mass is 15.2. The van der Waals surface area contributed by atoms with Gasteiger partial charge >= 0.3 is 0 Å². The van der Waals surface area contributed by atoms with Crippen molar-refractivity contribution in [2.24, 2.45) is 0 Å². The molecule has 2 aromatic heterocycles. The summed E-state index contributed by atoms with van der Waals surface area (Å²) in [6, 6.07) is 3.81. The smallest absolute Gasteiger partial charge is 0.123 e. The van der Waals surface area contributed by atoms with Crippen molar-refractivity contribution < 1.29 is 0 Å². The van der Waals surface area contributed by atoms with Gasteiger partial charge in [-0.05, 0) is 12.1 Å². The highest BCUT2D eigenvalue weighted by molar-refractivity contribution is 5.26. The van der Waals surface area contributed by atoms with Crippen LogP contribution in [0.3, 0.4) is 0 Å². The van der Waals surface area contributed by atoms with Gasteiger partial charge in [-0.15, -0.1) is 10.2 Å². The fraction of sp³-hybridized carbons (Fsp3) is 0. The van der Waals surface area contributed by atoms with Crippen LogP contribution in [0.15, 0.2) is 37.2 Å². The zero-order chi connectivity index (χ0) is 7.52. The summed E-state index contributed by atoms with van der Waals surface area (Å²) in [7, 11) is 0. The van der Waals surface area contributed by atoms with E-state index in [0.29, 0.717) is 0 Å². The fourth-order valence-electron chi connectivity index (χ4n) is 0.841. The number of aromatic nitrogens is 4. The Balaban J connectivity index is 2.46. The predicted octanol–water partition coefficient (Wildman–Crippen LogP) is 0.662. The summed E-state index contributed by atoms with van der Waals surface area (Å²) in [5, 5.41) is 7.37. The quantitative estimate of drug-likeness (QED) is 0.593. The second kappa shape index (κ2) is 2.49. The number of nitrogens with zero attached hydrogens (tertiary/aromatic N) is 4. The third-order valence-electron chi connectivity index (χ3n) is 1.36. The summed E-state index contributed by atoms with van der Waals surface area (Å²) >= 11 is 0. The van der Waals surface area contributed by atoms with Crippen LogP contribution in [0, 0.1) is 0 Å². The standard InChI is InChI=1S/C7H6N4/c1-2-7(4-8-3-1)11-5-9-10-6-11/h1-6H. The van der Waals surface area contributed by atoms with E-state index in [4.69, 9.17) is 0 Å². The third kappa shape index (κ3) is 1.10. The summed E-state index contributed by atoms with van der Waals surface area (Å²) in [5.41, 5.74) is 0.970. The fourth-order valence-corrected chi connectivity index (χ4v) is 0.841. The summed E-state index contributed by atoms with van der Waals surface area (Å²) in [5.74, 6) is 0. The zero-order valence-corrected chi connectivity index (χ0v) is 5.75. The maximum atomic E-state index is 3.96. The van der Waals surface area contributed by atoms with Crippen LogP contribution in [-0.2, 0) is 0 Å². The van der Waals surface area contributed by atoms with Crippen LogP contribution >= 0.6 is 0 Å². The molecule has 2 aromatic rings. The molecule has 0 radical (unpaired) electrons. The topological polar surface area (TPSA) is 43.6 Å². The van der Waals surface area contributed by atoms with Gasteiger partial charge in [0.1, 0.15) is 12.7 Å². The Morgan fingerprint density at radius 1 is 1.18 bits per heavy atom. The van der Waals surface area contributed by atoms with Gasteiger partial charge in [0.15, 0.2) is 0 Å². The first-order valence-electron chi connectivity index (χ1n) is 3.22. The lowest BCUT2D eigenvalue weighted by Gasteiger charge is -1.96. The number of pyridine rings is 1. The van der Waals surface area contributed by atoms with Gasteiger partial charge in [0.05, 0.1) is 11.9 Å². The third-order valence-corrected chi connectivity index (χ3v) is 1.36. The van der Waals surface area contributed by atoms with Crippen LogP contribution in [0.1, 0.15) is 0 Å². The molecule has 0 fully saturated rings. The van der Waals surface area contributed by atoms with Crippen LogP contribution in [-0.4, -0.2) is 19.7 Å². The Hall–Kier alpha value is -1.71. The maximum absolute atomic E-state index is 3.96. The van der Waals surface area contributed by atoms with Crippen molar-refractivity contribution in [2.75, 3.05) is 0 Å². The molecule has 0 aromatic carbocycles. The highest BCUT2D eigenvalue weighted by Crippen LogP contribution is 2.00. The van der Waals surface area contributed by atoms with Crippen LogP contribution in [0.25, 0.3) is 5.69 Å². The first-order valence-corrected chi connectivity index (χ1v) is 3.22. The van der Waals surface area contributed by atoms with Crippen LogP contribution in [0.2, 0.25) is 0 Å². The molecule has 0 bridgehead atoms. The van der Waals surface area contributed by atoms with Crippen LogP contribution in [0.4, 0.5) is 0 Å². The maximum Gasteiger partial charge on any atom is 0.123 e. The molecule has 0 spiro atoms. The van der Waals surface area contributed by atoms with Crippen LogP contribution < -0.4 is 0 Å². The van der Waals surface area contributed by atoms with Gasteiger partial charge in [0.2, 0.25) is 0 Å². The van der Waals surface area contributed by atoms with E-state index in [-0.39, 0.29) is 0 Å². The van der Waals surface area contributed by atoms with Gasteiger partial charge in [0.25, 0.3) is 0 Å². The molecule has 0 aliphatic heterocycles. The number of hydrogen-bond donors (Lipinski definition) is 0. The average molecular weight is 146 g/mol. The minimum Gasteiger partial charge on any atom is -0.287 e. The Morgan fingerprint density at radius 2 is 2.00 bits per heavy atom. The Bertz CT molecular complexity index is 313. The molecule has 2 heterocycles. The molecule has 0 saturated carbocycles. The molecule has 0 atom stereocenters. The molecule has 2 rings (SSSR count). The molecule has 11 heavy (non-hydrogen) atoms. The Labute approximate surface area is 63.5 Å². The predicted molar refractivity (Wildman–Crippen MR) is 39.2 cm³/mol. The van der Waals surface area contributed by atoms with E-state index in [9.17, 15) is 0 Å². The molecule has 0 aliphatic rings. The summed E-state index contributed by atoms with van der Waals surface area (Å²) in [6.45, 7) is 0. The van der Waals surface area contributed by atoms with Gasteiger partial charge in [-0.25, -0.2) is 0 Å². The van der Waals surface area contributed by atoms with Crippen molar-refractivity contribution in [3.8, 4) is 5.69 Å². The lowest BCUT2D eigenvalue weighted by atomic mass is 10.4. The molecule has 4 nitrogen and oxygen atoms in total. The molecule has 54 valence electrons. The summed E-state index contributed by atoms with van der Waals surface area (Å²) < 4.78 is 1.80. The number of hydrogen-bond acceptors (Lipinski definition) is 3. The van der Waals surface area contributed by atoms with E-state index >= 15 is 0 Å². The molecular formula is C7H6N4.